The Labute approximate surface area is 245 Å². The molecule has 0 aliphatic carbocycles. The van der Waals surface area contributed by atoms with Crippen LogP contribution in [0.3, 0.4) is 0 Å². The van der Waals surface area contributed by atoms with Crippen molar-refractivity contribution < 1.29 is 9.59 Å². The maximum absolute atomic E-state index is 12.7. The summed E-state index contributed by atoms with van der Waals surface area (Å²) in [6, 6.07) is 33.5. The minimum atomic E-state index is -0.188. The van der Waals surface area contributed by atoms with Crippen molar-refractivity contribution in [2.24, 2.45) is 4.99 Å². The smallest absolute Gasteiger partial charge is 0.255 e. The molecule has 42 heavy (non-hydrogen) atoms. The first kappa shape index (κ1) is 27.9. The number of rotatable bonds is 10. The monoisotopic (exact) mass is 553 g/mol. The Morgan fingerprint density at radius 1 is 0.667 bits per heavy atom. The quantitative estimate of drug-likeness (QED) is 0.152. The largest absolute Gasteiger partial charge is 0.356 e. The number of carbonyl (C=O) groups is 2. The Morgan fingerprint density at radius 3 is 1.64 bits per heavy atom. The molecule has 0 aliphatic rings. The lowest BCUT2D eigenvalue weighted by Gasteiger charge is -2.11. The standard InChI is InChI=1S/C35H31N5O2/c1-2-3-4-23-36-28-11-7-26(8-12-28)34(41)38-31-17-13-29(14-18-31)37-30-15-19-32(20-16-30)39-35(42)27-9-21-33(22-10-27)40-24-5-6-25-40/h3-25,37H,2H2,1H3,(H,38,41)(H,39,42)/b4-3-,36-23?. The van der Waals surface area contributed by atoms with Gasteiger partial charge in [0.15, 0.2) is 0 Å². The van der Waals surface area contributed by atoms with Gasteiger partial charge >= 0.3 is 0 Å². The molecule has 7 nitrogen and oxygen atoms in total. The predicted molar refractivity (Wildman–Crippen MR) is 172 cm³/mol. The molecule has 5 aromatic rings. The van der Waals surface area contributed by atoms with Crippen LogP contribution in [-0.2, 0) is 0 Å². The van der Waals surface area contributed by atoms with Crippen LogP contribution in [0.2, 0.25) is 0 Å². The van der Waals surface area contributed by atoms with Crippen molar-refractivity contribution in [2.45, 2.75) is 13.3 Å². The van der Waals surface area contributed by atoms with E-state index in [0.717, 1.165) is 29.2 Å². The third kappa shape index (κ3) is 7.49. The summed E-state index contributed by atoms with van der Waals surface area (Å²) in [5, 5.41) is 9.19. The van der Waals surface area contributed by atoms with Crippen LogP contribution in [0.1, 0.15) is 34.1 Å². The predicted octanol–water partition coefficient (Wildman–Crippen LogP) is 8.39. The number of anilines is 4. The molecule has 0 aliphatic heterocycles. The molecule has 1 aromatic heterocycles. The minimum absolute atomic E-state index is 0.170. The van der Waals surface area contributed by atoms with E-state index in [-0.39, 0.29) is 11.8 Å². The summed E-state index contributed by atoms with van der Waals surface area (Å²) >= 11 is 0. The van der Waals surface area contributed by atoms with Crippen LogP contribution >= 0.6 is 0 Å². The number of hydrogen-bond acceptors (Lipinski definition) is 4. The SMILES string of the molecule is CC/C=C\C=Nc1ccc(C(=O)Nc2ccc(Nc3ccc(NC(=O)c4ccc(-n5cccc5)cc4)cc3)cc2)cc1. The molecular formula is C35H31N5O2. The zero-order chi connectivity index (χ0) is 29.1. The second-order valence-corrected chi connectivity index (χ2v) is 9.49. The average molecular weight is 554 g/mol. The summed E-state index contributed by atoms with van der Waals surface area (Å²) < 4.78 is 1.99. The molecular weight excluding hydrogens is 522 g/mol. The Balaban J connectivity index is 1.12. The Bertz CT molecular complexity index is 1670. The van der Waals surface area contributed by atoms with Crippen molar-refractivity contribution in [2.75, 3.05) is 16.0 Å². The number of nitrogens with zero attached hydrogens (tertiary/aromatic N) is 2. The van der Waals surface area contributed by atoms with E-state index >= 15 is 0 Å². The lowest BCUT2D eigenvalue weighted by atomic mass is 10.2. The molecule has 7 heteroatoms. The fourth-order valence-electron chi connectivity index (χ4n) is 4.16. The summed E-state index contributed by atoms with van der Waals surface area (Å²) in [7, 11) is 0. The van der Waals surface area contributed by atoms with Crippen molar-refractivity contribution in [3.63, 3.8) is 0 Å². The number of allylic oxidation sites excluding steroid dienone is 2. The first-order valence-corrected chi connectivity index (χ1v) is 13.7. The van der Waals surface area contributed by atoms with Crippen LogP contribution in [0.25, 0.3) is 5.69 Å². The van der Waals surface area contributed by atoms with Gasteiger partial charge in [0, 0.05) is 58.2 Å². The van der Waals surface area contributed by atoms with E-state index in [4.69, 9.17) is 0 Å². The molecule has 0 saturated carbocycles. The highest BCUT2D eigenvalue weighted by atomic mass is 16.2. The Morgan fingerprint density at radius 2 is 1.14 bits per heavy atom. The van der Waals surface area contributed by atoms with Gasteiger partial charge < -0.3 is 20.5 Å². The average Bonchev–Trinajstić information content (AvgIpc) is 3.57. The van der Waals surface area contributed by atoms with E-state index < -0.39 is 0 Å². The van der Waals surface area contributed by atoms with Gasteiger partial charge in [-0.1, -0.05) is 13.0 Å². The summed E-state index contributed by atoms with van der Waals surface area (Å²) in [6.07, 6.45) is 10.6. The molecule has 4 aromatic carbocycles. The van der Waals surface area contributed by atoms with E-state index in [0.29, 0.717) is 22.5 Å². The number of nitrogens with one attached hydrogen (secondary N) is 3. The van der Waals surface area contributed by atoms with Gasteiger partial charge in [-0.2, -0.15) is 0 Å². The molecule has 208 valence electrons. The van der Waals surface area contributed by atoms with Gasteiger partial charge in [-0.15, -0.1) is 0 Å². The lowest BCUT2D eigenvalue weighted by molar-refractivity contribution is 0.101. The zero-order valence-corrected chi connectivity index (χ0v) is 23.2. The molecule has 0 bridgehead atoms. The van der Waals surface area contributed by atoms with Crippen LogP contribution in [0.15, 0.2) is 139 Å². The van der Waals surface area contributed by atoms with Crippen molar-refractivity contribution in [1.29, 1.82) is 0 Å². The van der Waals surface area contributed by atoms with Crippen LogP contribution in [0.5, 0.6) is 0 Å². The fraction of sp³-hybridized carbons (Fsp3) is 0.0571. The maximum Gasteiger partial charge on any atom is 0.255 e. The molecule has 3 N–H and O–H groups in total. The van der Waals surface area contributed by atoms with Crippen molar-refractivity contribution in [3.05, 3.63) is 145 Å². The maximum atomic E-state index is 12.7. The fourth-order valence-corrected chi connectivity index (χ4v) is 4.16. The normalized spacial score (nSPS) is 11.1. The molecule has 0 spiro atoms. The molecule has 0 saturated heterocycles. The minimum Gasteiger partial charge on any atom is -0.356 e. The van der Waals surface area contributed by atoms with E-state index in [1.807, 2.05) is 126 Å². The highest BCUT2D eigenvalue weighted by molar-refractivity contribution is 6.05. The highest BCUT2D eigenvalue weighted by Crippen LogP contribution is 2.22. The van der Waals surface area contributed by atoms with Gasteiger partial charge in [-0.25, -0.2) is 0 Å². The van der Waals surface area contributed by atoms with Crippen molar-refractivity contribution in [3.8, 4) is 5.69 Å². The van der Waals surface area contributed by atoms with Gasteiger partial charge in [0.1, 0.15) is 0 Å². The van der Waals surface area contributed by atoms with Crippen LogP contribution < -0.4 is 16.0 Å². The summed E-state index contributed by atoms with van der Waals surface area (Å²) in [4.78, 5) is 29.7. The number of carbonyl (C=O) groups excluding carboxylic acids is 2. The molecule has 0 atom stereocenters. The van der Waals surface area contributed by atoms with Gasteiger partial charge in [-0.3, -0.25) is 14.6 Å². The van der Waals surface area contributed by atoms with E-state index in [2.05, 4.69) is 27.9 Å². The summed E-state index contributed by atoms with van der Waals surface area (Å²) in [6.45, 7) is 2.07. The number of hydrogen-bond donors (Lipinski definition) is 3. The van der Waals surface area contributed by atoms with E-state index in [9.17, 15) is 9.59 Å². The number of benzene rings is 4. The molecule has 5 rings (SSSR count). The second-order valence-electron chi connectivity index (χ2n) is 9.49. The van der Waals surface area contributed by atoms with E-state index in [1.54, 1.807) is 18.3 Å². The van der Waals surface area contributed by atoms with Gasteiger partial charge in [-0.05, 0) is 122 Å². The first-order chi connectivity index (χ1) is 20.6. The second kappa shape index (κ2) is 13.6. The summed E-state index contributed by atoms with van der Waals surface area (Å²) in [5.41, 5.74) is 6.05. The Kier molecular flexibility index (Phi) is 9.01. The van der Waals surface area contributed by atoms with Crippen LogP contribution in [0.4, 0.5) is 28.4 Å². The van der Waals surface area contributed by atoms with Crippen LogP contribution in [-0.4, -0.2) is 22.6 Å². The van der Waals surface area contributed by atoms with Gasteiger partial charge in [0.2, 0.25) is 0 Å². The number of aromatic nitrogens is 1. The lowest BCUT2D eigenvalue weighted by Crippen LogP contribution is -2.12. The topological polar surface area (TPSA) is 87.5 Å². The Hall–Kier alpha value is -5.69. The number of amides is 2. The van der Waals surface area contributed by atoms with Crippen molar-refractivity contribution >= 4 is 46.5 Å². The number of aliphatic imine (C=N–C) groups is 1. The third-order valence-corrected chi connectivity index (χ3v) is 6.42. The first-order valence-electron chi connectivity index (χ1n) is 13.7. The van der Waals surface area contributed by atoms with Gasteiger partial charge in [0.25, 0.3) is 11.8 Å². The van der Waals surface area contributed by atoms with Crippen molar-refractivity contribution in [1.82, 2.24) is 4.57 Å². The summed E-state index contributed by atoms with van der Waals surface area (Å²) in [5.74, 6) is -0.358. The molecule has 0 fully saturated rings. The zero-order valence-electron chi connectivity index (χ0n) is 23.2. The molecule has 2 amide bonds. The molecule has 0 radical (unpaired) electrons. The van der Waals surface area contributed by atoms with Crippen LogP contribution in [0, 0.1) is 0 Å². The highest BCUT2D eigenvalue weighted by Gasteiger charge is 2.08. The van der Waals surface area contributed by atoms with E-state index in [1.165, 1.54) is 0 Å². The third-order valence-electron chi connectivity index (χ3n) is 6.42. The molecule has 0 unspecified atom stereocenters. The molecule has 1 heterocycles. The van der Waals surface area contributed by atoms with Gasteiger partial charge in [0.05, 0.1) is 5.69 Å².